The number of ether oxygens (including phenoxy) is 1. The van der Waals surface area contributed by atoms with Crippen molar-refractivity contribution in [2.75, 3.05) is 16.3 Å². The fraction of sp³-hybridized carbons (Fsp3) is 0.171. The Balaban J connectivity index is 1.19. The highest BCUT2D eigenvalue weighted by Gasteiger charge is 2.32. The number of hydrogen-bond acceptors (Lipinski definition) is 4. The summed E-state index contributed by atoms with van der Waals surface area (Å²) in [7, 11) is 0. The number of fused-ring (bicyclic) bond motifs is 2. The highest BCUT2D eigenvalue weighted by Crippen LogP contribution is 2.36. The molecule has 7 rings (SSSR count). The van der Waals surface area contributed by atoms with Crippen molar-refractivity contribution >= 4 is 34.2 Å². The number of imide groups is 1. The zero-order valence-corrected chi connectivity index (χ0v) is 26.9. The van der Waals surface area contributed by atoms with Gasteiger partial charge in [-0.25, -0.2) is 4.79 Å². The number of rotatable bonds is 8. The molecule has 1 aliphatic rings. The fourth-order valence-corrected chi connectivity index (χ4v) is 6.51. The van der Waals surface area contributed by atoms with Crippen molar-refractivity contribution in [3.05, 3.63) is 156 Å². The van der Waals surface area contributed by atoms with E-state index in [1.165, 1.54) is 5.56 Å². The molecule has 0 aliphatic carbocycles. The molecular weight excluding hydrogens is 596 g/mol. The summed E-state index contributed by atoms with van der Waals surface area (Å²) < 4.78 is 6.40. The van der Waals surface area contributed by atoms with Gasteiger partial charge in [0.15, 0.2) is 6.10 Å². The van der Waals surface area contributed by atoms with E-state index in [1.54, 1.807) is 4.90 Å². The number of aromatic amines is 1. The first kappa shape index (κ1) is 31.0. The SMILES string of the molecule is CC1CCN(C(=O)NC(=O)C(OCc2ccccc2)c2ccccc2-c2ccc3[nH]ccc3c2)c2ccccc2N1Cc1ccccc1. The van der Waals surface area contributed by atoms with Gasteiger partial charge in [0, 0.05) is 30.8 Å². The van der Waals surface area contributed by atoms with Crippen molar-refractivity contribution in [3.63, 3.8) is 0 Å². The largest absolute Gasteiger partial charge is 0.363 e. The number of aromatic nitrogens is 1. The van der Waals surface area contributed by atoms with Crippen LogP contribution in [-0.4, -0.2) is 29.5 Å². The van der Waals surface area contributed by atoms with E-state index < -0.39 is 18.0 Å². The molecule has 240 valence electrons. The van der Waals surface area contributed by atoms with Crippen LogP contribution >= 0.6 is 0 Å². The average Bonchev–Trinajstić information content (AvgIpc) is 3.55. The van der Waals surface area contributed by atoms with E-state index >= 15 is 0 Å². The number of hydrogen-bond donors (Lipinski definition) is 2. The summed E-state index contributed by atoms with van der Waals surface area (Å²) >= 11 is 0. The lowest BCUT2D eigenvalue weighted by atomic mass is 9.95. The van der Waals surface area contributed by atoms with Gasteiger partial charge in [0.1, 0.15) is 0 Å². The van der Waals surface area contributed by atoms with Crippen molar-refractivity contribution in [1.29, 1.82) is 0 Å². The summed E-state index contributed by atoms with van der Waals surface area (Å²) in [5.74, 6) is -0.512. The van der Waals surface area contributed by atoms with Crippen LogP contribution < -0.4 is 15.1 Å². The molecule has 0 spiro atoms. The third-order valence-electron chi connectivity index (χ3n) is 9.06. The van der Waals surface area contributed by atoms with E-state index in [9.17, 15) is 9.59 Å². The zero-order valence-electron chi connectivity index (χ0n) is 26.9. The molecule has 0 fully saturated rings. The molecule has 48 heavy (non-hydrogen) atoms. The lowest BCUT2D eigenvalue weighted by molar-refractivity contribution is -0.132. The third-order valence-corrected chi connectivity index (χ3v) is 9.06. The van der Waals surface area contributed by atoms with E-state index in [-0.39, 0.29) is 12.6 Å². The second kappa shape index (κ2) is 14.0. The van der Waals surface area contributed by atoms with Crippen LogP contribution in [0, 0.1) is 0 Å². The summed E-state index contributed by atoms with van der Waals surface area (Å²) in [6.07, 6.45) is 1.61. The van der Waals surface area contributed by atoms with Gasteiger partial charge in [-0.05, 0) is 76.9 Å². The van der Waals surface area contributed by atoms with Gasteiger partial charge in [-0.1, -0.05) is 103 Å². The Morgan fingerprint density at radius 2 is 1.50 bits per heavy atom. The van der Waals surface area contributed by atoms with Gasteiger partial charge < -0.3 is 14.6 Å². The molecule has 7 heteroatoms. The predicted molar refractivity (Wildman–Crippen MR) is 192 cm³/mol. The maximum Gasteiger partial charge on any atom is 0.328 e. The highest BCUT2D eigenvalue weighted by molar-refractivity contribution is 6.06. The van der Waals surface area contributed by atoms with Crippen molar-refractivity contribution in [2.24, 2.45) is 0 Å². The first-order valence-corrected chi connectivity index (χ1v) is 16.4. The van der Waals surface area contributed by atoms with Crippen LogP contribution in [0.2, 0.25) is 0 Å². The second-order valence-electron chi connectivity index (χ2n) is 12.2. The van der Waals surface area contributed by atoms with Crippen LogP contribution in [0.4, 0.5) is 16.2 Å². The fourth-order valence-electron chi connectivity index (χ4n) is 6.51. The van der Waals surface area contributed by atoms with Crippen LogP contribution in [-0.2, 0) is 22.7 Å². The van der Waals surface area contributed by atoms with Crippen molar-refractivity contribution in [3.8, 4) is 11.1 Å². The van der Waals surface area contributed by atoms with Gasteiger partial charge in [0.2, 0.25) is 0 Å². The number of amides is 3. The molecule has 5 aromatic carbocycles. The standard InChI is InChI=1S/C41H38N4O3/c1-29-23-25-44(37-18-10-11-19-38(37)45(29)27-30-12-4-2-5-13-30)41(47)43-40(46)39(48-28-31-14-6-3-7-15-31)35-17-9-8-16-34(35)32-20-21-36-33(26-32)22-24-42-36/h2-22,24,26,29,39,42H,23,25,27-28H2,1H3,(H,43,46,47). The Morgan fingerprint density at radius 1 is 0.812 bits per heavy atom. The number of nitrogens with one attached hydrogen (secondary N) is 2. The first-order chi connectivity index (χ1) is 23.5. The molecular formula is C41H38N4O3. The summed E-state index contributed by atoms with van der Waals surface area (Å²) in [5, 5.41) is 3.80. The van der Waals surface area contributed by atoms with E-state index in [1.807, 2.05) is 121 Å². The Kier molecular flexibility index (Phi) is 9.03. The smallest absolute Gasteiger partial charge is 0.328 e. The van der Waals surface area contributed by atoms with Crippen molar-refractivity contribution < 1.29 is 14.3 Å². The molecule has 0 saturated carbocycles. The van der Waals surface area contributed by atoms with Crippen LogP contribution in [0.5, 0.6) is 0 Å². The number of carbonyl (C=O) groups is 2. The summed E-state index contributed by atoms with van der Waals surface area (Å²) in [6.45, 7) is 3.57. The molecule has 0 bridgehead atoms. The lowest BCUT2D eigenvalue weighted by Gasteiger charge is -2.31. The van der Waals surface area contributed by atoms with Gasteiger partial charge in [-0.2, -0.15) is 0 Å². The first-order valence-electron chi connectivity index (χ1n) is 16.4. The molecule has 0 radical (unpaired) electrons. The van der Waals surface area contributed by atoms with Crippen LogP contribution in [0.1, 0.15) is 36.1 Å². The minimum atomic E-state index is -1.04. The predicted octanol–water partition coefficient (Wildman–Crippen LogP) is 8.63. The third kappa shape index (κ3) is 6.59. The van der Waals surface area contributed by atoms with Gasteiger partial charge >= 0.3 is 6.03 Å². The van der Waals surface area contributed by atoms with Crippen LogP contribution in [0.15, 0.2) is 140 Å². The van der Waals surface area contributed by atoms with E-state index in [4.69, 9.17) is 4.74 Å². The molecule has 2 N–H and O–H groups in total. The van der Waals surface area contributed by atoms with Crippen molar-refractivity contribution in [2.45, 2.75) is 38.6 Å². The number of H-pyrrole nitrogens is 1. The molecule has 2 atom stereocenters. The minimum Gasteiger partial charge on any atom is -0.363 e. The van der Waals surface area contributed by atoms with Gasteiger partial charge in [0.25, 0.3) is 5.91 Å². The number of anilines is 2. The Bertz CT molecular complexity index is 2020. The van der Waals surface area contributed by atoms with E-state index in [0.29, 0.717) is 18.7 Å². The highest BCUT2D eigenvalue weighted by atomic mass is 16.5. The maximum absolute atomic E-state index is 14.2. The summed E-state index contributed by atoms with van der Waals surface area (Å²) in [5.41, 5.74) is 7.40. The Hall–Kier alpha value is -5.66. The maximum atomic E-state index is 14.2. The van der Waals surface area contributed by atoms with Crippen LogP contribution in [0.25, 0.3) is 22.0 Å². The number of para-hydroxylation sites is 2. The summed E-state index contributed by atoms with van der Waals surface area (Å²) in [4.78, 5) is 35.6. The zero-order chi connectivity index (χ0) is 32.9. The lowest BCUT2D eigenvalue weighted by Crippen LogP contribution is -2.45. The normalized spacial score (nSPS) is 15.1. The Morgan fingerprint density at radius 3 is 2.29 bits per heavy atom. The topological polar surface area (TPSA) is 77.7 Å². The molecule has 1 aromatic heterocycles. The second-order valence-corrected chi connectivity index (χ2v) is 12.2. The quantitative estimate of drug-likeness (QED) is 0.176. The number of benzene rings is 5. The van der Waals surface area contributed by atoms with Gasteiger partial charge in [-0.15, -0.1) is 0 Å². The molecule has 2 unspecified atom stereocenters. The Labute approximate surface area is 280 Å². The van der Waals surface area contributed by atoms with Crippen molar-refractivity contribution in [1.82, 2.24) is 10.3 Å². The molecule has 6 aromatic rings. The molecule has 1 aliphatic heterocycles. The average molecular weight is 635 g/mol. The van der Waals surface area contributed by atoms with E-state index in [2.05, 4.69) is 40.3 Å². The van der Waals surface area contributed by atoms with E-state index in [0.717, 1.165) is 45.4 Å². The number of nitrogens with zero attached hydrogens (tertiary/aromatic N) is 2. The number of urea groups is 1. The molecule has 2 heterocycles. The summed E-state index contributed by atoms with van der Waals surface area (Å²) in [6, 6.07) is 43.6. The molecule has 7 nitrogen and oxygen atoms in total. The van der Waals surface area contributed by atoms with Gasteiger partial charge in [0.05, 0.1) is 18.0 Å². The monoisotopic (exact) mass is 634 g/mol. The van der Waals surface area contributed by atoms with Crippen LogP contribution in [0.3, 0.4) is 0 Å². The number of carbonyl (C=O) groups excluding carboxylic acids is 2. The molecule has 0 saturated heterocycles. The minimum absolute atomic E-state index is 0.172. The van der Waals surface area contributed by atoms with Gasteiger partial charge in [-0.3, -0.25) is 15.0 Å². The molecule has 3 amide bonds.